The van der Waals surface area contributed by atoms with Crippen molar-refractivity contribution in [2.45, 2.75) is 38.8 Å². The molecule has 1 aromatic carbocycles. The molecule has 118 valence electrons. The van der Waals surface area contributed by atoms with Gasteiger partial charge in [-0.1, -0.05) is 19.9 Å². The molecular formula is C17H27NO3. The standard InChI is InChI=1S/C17H27NO3/c1-4-8-20-9-10-21-16-11-13-6-7-14(19-3)12-15(13)17(16)18-5-2/h6-7,12,16-18H,4-5,8-11H2,1-3H3. The Labute approximate surface area is 127 Å². The Morgan fingerprint density at radius 3 is 2.76 bits per heavy atom. The lowest BCUT2D eigenvalue weighted by atomic mass is 10.1. The third-order valence-corrected chi connectivity index (χ3v) is 3.81. The normalized spacial score (nSPS) is 20.5. The van der Waals surface area contributed by atoms with E-state index in [2.05, 4.69) is 31.3 Å². The molecule has 0 amide bonds. The zero-order chi connectivity index (χ0) is 15.1. The highest BCUT2D eigenvalue weighted by atomic mass is 16.5. The van der Waals surface area contributed by atoms with Crippen molar-refractivity contribution >= 4 is 0 Å². The zero-order valence-electron chi connectivity index (χ0n) is 13.4. The molecule has 2 rings (SSSR count). The van der Waals surface area contributed by atoms with E-state index in [1.807, 2.05) is 6.07 Å². The van der Waals surface area contributed by atoms with Crippen LogP contribution in [0, 0.1) is 0 Å². The highest BCUT2D eigenvalue weighted by Crippen LogP contribution is 2.35. The molecule has 21 heavy (non-hydrogen) atoms. The molecule has 1 aliphatic carbocycles. The molecule has 4 heteroatoms. The average molecular weight is 293 g/mol. The molecular weight excluding hydrogens is 266 g/mol. The fourth-order valence-electron chi connectivity index (χ4n) is 2.83. The maximum absolute atomic E-state index is 6.04. The molecule has 1 N–H and O–H groups in total. The first kappa shape index (κ1) is 16.3. The molecule has 0 fully saturated rings. The Morgan fingerprint density at radius 2 is 2.05 bits per heavy atom. The summed E-state index contributed by atoms with van der Waals surface area (Å²) in [7, 11) is 1.71. The van der Waals surface area contributed by atoms with Crippen LogP contribution in [0.4, 0.5) is 0 Å². The van der Waals surface area contributed by atoms with Gasteiger partial charge in [0.25, 0.3) is 0 Å². The molecule has 0 saturated heterocycles. The van der Waals surface area contributed by atoms with Crippen LogP contribution in [0.15, 0.2) is 18.2 Å². The van der Waals surface area contributed by atoms with Gasteiger partial charge in [-0.15, -0.1) is 0 Å². The number of rotatable bonds is 9. The summed E-state index contributed by atoms with van der Waals surface area (Å²) in [6, 6.07) is 6.54. The molecule has 2 atom stereocenters. The number of hydrogen-bond acceptors (Lipinski definition) is 4. The lowest BCUT2D eigenvalue weighted by Gasteiger charge is -2.22. The van der Waals surface area contributed by atoms with Crippen molar-refractivity contribution in [1.29, 1.82) is 0 Å². The van der Waals surface area contributed by atoms with E-state index in [1.54, 1.807) is 7.11 Å². The molecule has 4 nitrogen and oxygen atoms in total. The maximum atomic E-state index is 6.04. The van der Waals surface area contributed by atoms with Crippen molar-refractivity contribution < 1.29 is 14.2 Å². The number of ether oxygens (including phenoxy) is 3. The van der Waals surface area contributed by atoms with Gasteiger partial charge in [-0.25, -0.2) is 0 Å². The van der Waals surface area contributed by atoms with Crippen LogP contribution in [0.3, 0.4) is 0 Å². The molecule has 0 aliphatic heterocycles. The maximum Gasteiger partial charge on any atom is 0.119 e. The molecule has 2 unspecified atom stereocenters. The number of methoxy groups -OCH3 is 1. The minimum atomic E-state index is 0.178. The van der Waals surface area contributed by atoms with Crippen LogP contribution in [0.25, 0.3) is 0 Å². The van der Waals surface area contributed by atoms with Crippen LogP contribution >= 0.6 is 0 Å². The first-order valence-corrected chi connectivity index (χ1v) is 7.89. The van der Waals surface area contributed by atoms with Gasteiger partial charge in [0, 0.05) is 13.0 Å². The van der Waals surface area contributed by atoms with Crippen LogP contribution < -0.4 is 10.1 Å². The molecule has 0 radical (unpaired) electrons. The lowest BCUT2D eigenvalue weighted by Crippen LogP contribution is -2.31. The lowest BCUT2D eigenvalue weighted by molar-refractivity contribution is -0.00586. The number of fused-ring (bicyclic) bond motifs is 1. The predicted molar refractivity (Wildman–Crippen MR) is 84.0 cm³/mol. The van der Waals surface area contributed by atoms with Crippen molar-refractivity contribution in [2.75, 3.05) is 33.5 Å². The van der Waals surface area contributed by atoms with Gasteiger partial charge < -0.3 is 19.5 Å². The summed E-state index contributed by atoms with van der Waals surface area (Å²) in [5.74, 6) is 0.906. The molecule has 0 bridgehead atoms. The van der Waals surface area contributed by atoms with Gasteiger partial charge >= 0.3 is 0 Å². The van der Waals surface area contributed by atoms with E-state index in [0.717, 1.165) is 31.7 Å². The van der Waals surface area contributed by atoms with Crippen molar-refractivity contribution in [3.63, 3.8) is 0 Å². The van der Waals surface area contributed by atoms with Gasteiger partial charge in [0.05, 0.1) is 32.5 Å². The first-order chi connectivity index (χ1) is 10.3. The van der Waals surface area contributed by atoms with Crippen LogP contribution in [-0.2, 0) is 15.9 Å². The van der Waals surface area contributed by atoms with Crippen molar-refractivity contribution in [3.8, 4) is 5.75 Å². The monoisotopic (exact) mass is 293 g/mol. The smallest absolute Gasteiger partial charge is 0.119 e. The van der Waals surface area contributed by atoms with Crippen molar-refractivity contribution in [2.24, 2.45) is 0 Å². The van der Waals surface area contributed by atoms with Crippen LogP contribution in [-0.4, -0.2) is 39.6 Å². The molecule has 0 aromatic heterocycles. The number of benzene rings is 1. The Morgan fingerprint density at radius 1 is 1.19 bits per heavy atom. The molecule has 0 spiro atoms. The summed E-state index contributed by atoms with van der Waals surface area (Å²) in [5, 5.41) is 3.53. The van der Waals surface area contributed by atoms with Gasteiger partial charge in [0.2, 0.25) is 0 Å². The molecule has 0 saturated carbocycles. The summed E-state index contributed by atoms with van der Waals surface area (Å²) >= 11 is 0. The molecule has 1 aromatic rings. The van der Waals surface area contributed by atoms with Crippen LogP contribution in [0.1, 0.15) is 37.4 Å². The second-order valence-corrected chi connectivity index (χ2v) is 5.33. The van der Waals surface area contributed by atoms with Gasteiger partial charge in [-0.2, -0.15) is 0 Å². The van der Waals surface area contributed by atoms with E-state index < -0.39 is 0 Å². The van der Waals surface area contributed by atoms with E-state index in [-0.39, 0.29) is 12.1 Å². The Bertz CT molecular complexity index is 436. The number of likely N-dealkylation sites (N-methyl/N-ethyl adjacent to an activating group) is 1. The van der Waals surface area contributed by atoms with E-state index >= 15 is 0 Å². The summed E-state index contributed by atoms with van der Waals surface area (Å²) in [5.41, 5.74) is 2.65. The topological polar surface area (TPSA) is 39.7 Å². The van der Waals surface area contributed by atoms with Crippen molar-refractivity contribution in [3.05, 3.63) is 29.3 Å². The van der Waals surface area contributed by atoms with Crippen molar-refractivity contribution in [1.82, 2.24) is 5.32 Å². The number of hydrogen-bond donors (Lipinski definition) is 1. The minimum absolute atomic E-state index is 0.178. The van der Waals surface area contributed by atoms with E-state index in [1.165, 1.54) is 11.1 Å². The first-order valence-electron chi connectivity index (χ1n) is 7.89. The van der Waals surface area contributed by atoms with E-state index in [4.69, 9.17) is 14.2 Å². The highest BCUT2D eigenvalue weighted by molar-refractivity contribution is 5.42. The fourth-order valence-corrected chi connectivity index (χ4v) is 2.83. The van der Waals surface area contributed by atoms with Gasteiger partial charge in [0.15, 0.2) is 0 Å². The largest absolute Gasteiger partial charge is 0.497 e. The Kier molecular flexibility index (Phi) is 6.49. The van der Waals surface area contributed by atoms with Gasteiger partial charge in [0.1, 0.15) is 5.75 Å². The third-order valence-electron chi connectivity index (χ3n) is 3.81. The SMILES string of the molecule is CCCOCCOC1Cc2ccc(OC)cc2C1NCC. The molecule has 1 aliphatic rings. The fraction of sp³-hybridized carbons (Fsp3) is 0.647. The minimum Gasteiger partial charge on any atom is -0.497 e. The quantitative estimate of drug-likeness (QED) is 0.711. The second kappa shape index (κ2) is 8.37. The summed E-state index contributed by atoms with van der Waals surface area (Å²) in [4.78, 5) is 0. The number of nitrogens with one attached hydrogen (secondary N) is 1. The summed E-state index contributed by atoms with van der Waals surface area (Å²) in [6.45, 7) is 7.29. The zero-order valence-corrected chi connectivity index (χ0v) is 13.4. The van der Waals surface area contributed by atoms with E-state index in [9.17, 15) is 0 Å². The second-order valence-electron chi connectivity index (χ2n) is 5.33. The summed E-state index contributed by atoms with van der Waals surface area (Å²) in [6.07, 6.45) is 2.18. The summed E-state index contributed by atoms with van der Waals surface area (Å²) < 4.78 is 16.9. The Hall–Kier alpha value is -1.10. The van der Waals surface area contributed by atoms with Crippen LogP contribution in [0.5, 0.6) is 5.75 Å². The molecule has 0 heterocycles. The van der Waals surface area contributed by atoms with Gasteiger partial charge in [-0.05, 0) is 36.2 Å². The van der Waals surface area contributed by atoms with Crippen LogP contribution in [0.2, 0.25) is 0 Å². The predicted octanol–water partition coefficient (Wildman–Crippen LogP) is 2.71. The van der Waals surface area contributed by atoms with Gasteiger partial charge in [-0.3, -0.25) is 0 Å². The average Bonchev–Trinajstić information content (AvgIpc) is 2.84. The third kappa shape index (κ3) is 4.19. The highest BCUT2D eigenvalue weighted by Gasteiger charge is 2.32. The van der Waals surface area contributed by atoms with E-state index in [0.29, 0.717) is 13.2 Å². The Balaban J connectivity index is 1.96.